The minimum absolute atomic E-state index is 0.283. The van der Waals surface area contributed by atoms with E-state index in [9.17, 15) is 4.79 Å². The van der Waals surface area contributed by atoms with Crippen molar-refractivity contribution in [3.8, 4) is 0 Å². The van der Waals surface area contributed by atoms with Gasteiger partial charge in [-0.05, 0) is 36.0 Å². The first-order valence-corrected chi connectivity index (χ1v) is 5.29. The maximum Gasteiger partial charge on any atom is 0.303 e. The van der Waals surface area contributed by atoms with Gasteiger partial charge in [-0.3, -0.25) is 4.79 Å². The predicted molar refractivity (Wildman–Crippen MR) is 59.5 cm³/mol. The summed E-state index contributed by atoms with van der Waals surface area (Å²) in [5.41, 5.74) is 3.97. The first-order valence-electron chi connectivity index (χ1n) is 5.29. The van der Waals surface area contributed by atoms with Crippen LogP contribution >= 0.6 is 0 Å². The highest BCUT2D eigenvalue weighted by Crippen LogP contribution is 2.32. The van der Waals surface area contributed by atoms with Gasteiger partial charge in [0, 0.05) is 6.42 Å². The topological polar surface area (TPSA) is 37.3 Å². The van der Waals surface area contributed by atoms with E-state index in [1.807, 2.05) is 0 Å². The third-order valence-corrected chi connectivity index (χ3v) is 2.75. The number of fused-ring (bicyclic) bond motifs is 1. The number of carbonyl (C=O) groups is 1. The third-order valence-electron chi connectivity index (χ3n) is 2.75. The molecule has 0 unspecified atom stereocenters. The molecule has 2 aliphatic rings. The van der Waals surface area contributed by atoms with Crippen LogP contribution < -0.4 is 0 Å². The second-order valence-electron chi connectivity index (χ2n) is 3.85. The van der Waals surface area contributed by atoms with Crippen molar-refractivity contribution < 1.29 is 9.90 Å². The van der Waals surface area contributed by atoms with E-state index < -0.39 is 5.97 Å². The molecule has 0 bridgehead atoms. The van der Waals surface area contributed by atoms with Crippen molar-refractivity contribution in [3.05, 3.63) is 47.1 Å². The Morgan fingerprint density at radius 2 is 2.07 bits per heavy atom. The lowest BCUT2D eigenvalue weighted by Crippen LogP contribution is -1.94. The fraction of sp³-hybridized carbons (Fsp3) is 0.308. The van der Waals surface area contributed by atoms with E-state index >= 15 is 0 Å². The molecule has 0 aromatic carbocycles. The number of rotatable bonds is 5. The van der Waals surface area contributed by atoms with Crippen LogP contribution in [0.25, 0.3) is 0 Å². The van der Waals surface area contributed by atoms with Crippen LogP contribution in [0.4, 0.5) is 0 Å². The Morgan fingerprint density at radius 3 is 2.87 bits per heavy atom. The molecule has 2 heteroatoms. The maximum atomic E-state index is 10.3. The van der Waals surface area contributed by atoms with Crippen molar-refractivity contribution in [1.82, 2.24) is 0 Å². The highest BCUT2D eigenvalue weighted by molar-refractivity contribution is 5.66. The van der Waals surface area contributed by atoms with Crippen LogP contribution in [0.2, 0.25) is 0 Å². The molecule has 0 aromatic heterocycles. The van der Waals surface area contributed by atoms with Gasteiger partial charge >= 0.3 is 5.97 Å². The van der Waals surface area contributed by atoms with Gasteiger partial charge < -0.3 is 5.11 Å². The Morgan fingerprint density at radius 1 is 1.20 bits per heavy atom. The van der Waals surface area contributed by atoms with Crippen LogP contribution in [0.5, 0.6) is 0 Å². The monoisotopic (exact) mass is 202 g/mol. The van der Waals surface area contributed by atoms with E-state index in [2.05, 4.69) is 30.4 Å². The number of hydrogen-bond donors (Lipinski definition) is 1. The Bertz CT molecular complexity index is 395. The lowest BCUT2D eigenvalue weighted by atomic mass is 10.0. The average Bonchev–Trinajstić information content (AvgIpc) is 2.74. The zero-order chi connectivity index (χ0) is 10.7. The molecule has 2 aliphatic carbocycles. The standard InChI is InChI=1S/C13H14O2/c14-13(15)7-2-1-4-10-8-9-11-5-3-6-12(10)11/h3,5-6,8-9H,1-2,4,7H2,(H,14,15). The molecule has 0 aliphatic heterocycles. The molecular weight excluding hydrogens is 188 g/mol. The number of aliphatic carboxylic acids is 1. The van der Waals surface area contributed by atoms with Crippen molar-refractivity contribution in [2.45, 2.75) is 25.7 Å². The van der Waals surface area contributed by atoms with Gasteiger partial charge in [0.1, 0.15) is 0 Å². The van der Waals surface area contributed by atoms with E-state index in [4.69, 9.17) is 5.11 Å². The Kier molecular flexibility index (Phi) is 2.86. The highest BCUT2D eigenvalue weighted by Gasteiger charge is 2.13. The molecular formula is C13H14O2. The molecule has 0 aromatic rings. The van der Waals surface area contributed by atoms with Gasteiger partial charge in [-0.2, -0.15) is 0 Å². The van der Waals surface area contributed by atoms with Crippen molar-refractivity contribution >= 4 is 5.97 Å². The molecule has 0 atom stereocenters. The van der Waals surface area contributed by atoms with Gasteiger partial charge in [-0.1, -0.05) is 30.4 Å². The molecule has 2 rings (SSSR count). The van der Waals surface area contributed by atoms with Crippen molar-refractivity contribution in [1.29, 1.82) is 0 Å². The number of allylic oxidation sites excluding steroid dienone is 8. The molecule has 15 heavy (non-hydrogen) atoms. The molecule has 0 spiro atoms. The summed E-state index contributed by atoms with van der Waals surface area (Å²) < 4.78 is 0. The third kappa shape index (κ3) is 2.27. The summed E-state index contributed by atoms with van der Waals surface area (Å²) in [7, 11) is 0. The molecule has 0 amide bonds. The van der Waals surface area contributed by atoms with E-state index in [-0.39, 0.29) is 6.42 Å². The van der Waals surface area contributed by atoms with Crippen molar-refractivity contribution in [2.24, 2.45) is 0 Å². The average molecular weight is 202 g/mol. The molecule has 78 valence electrons. The molecule has 0 heterocycles. The van der Waals surface area contributed by atoms with Crippen LogP contribution in [0.3, 0.4) is 0 Å². The predicted octanol–water partition coefficient (Wildman–Crippen LogP) is 2.99. The van der Waals surface area contributed by atoms with E-state index in [1.165, 1.54) is 16.7 Å². The minimum atomic E-state index is -0.698. The number of unbranched alkanes of at least 4 members (excludes halogenated alkanes) is 1. The zero-order valence-corrected chi connectivity index (χ0v) is 8.57. The van der Waals surface area contributed by atoms with E-state index in [1.54, 1.807) is 0 Å². The molecule has 2 nitrogen and oxygen atoms in total. The van der Waals surface area contributed by atoms with Crippen molar-refractivity contribution in [2.75, 3.05) is 0 Å². The van der Waals surface area contributed by atoms with Gasteiger partial charge in [-0.25, -0.2) is 0 Å². The van der Waals surface area contributed by atoms with Crippen LogP contribution in [-0.4, -0.2) is 11.1 Å². The van der Waals surface area contributed by atoms with Gasteiger partial charge in [-0.15, -0.1) is 0 Å². The normalized spacial score (nSPS) is 17.2. The molecule has 0 saturated carbocycles. The first kappa shape index (κ1) is 9.97. The van der Waals surface area contributed by atoms with Crippen LogP contribution in [-0.2, 0) is 4.79 Å². The summed E-state index contributed by atoms with van der Waals surface area (Å²) in [5.74, 6) is -0.698. The summed E-state index contributed by atoms with van der Waals surface area (Å²) >= 11 is 0. The number of hydrogen-bond acceptors (Lipinski definition) is 1. The summed E-state index contributed by atoms with van der Waals surface area (Å²) in [5, 5.41) is 8.51. The van der Waals surface area contributed by atoms with Crippen LogP contribution in [0.15, 0.2) is 47.1 Å². The molecule has 0 saturated heterocycles. The van der Waals surface area contributed by atoms with E-state index in [0.29, 0.717) is 0 Å². The fourth-order valence-electron chi connectivity index (χ4n) is 1.96. The molecule has 0 radical (unpaired) electrons. The second-order valence-corrected chi connectivity index (χ2v) is 3.85. The summed E-state index contributed by atoms with van der Waals surface area (Å²) in [6.45, 7) is 0. The molecule has 0 fully saturated rings. The SMILES string of the molecule is O=C(O)CCCCC1=C2C=CC=C2C=C1. The quantitative estimate of drug-likeness (QED) is 0.696. The van der Waals surface area contributed by atoms with Crippen LogP contribution in [0, 0.1) is 0 Å². The largest absolute Gasteiger partial charge is 0.481 e. The van der Waals surface area contributed by atoms with Gasteiger partial charge in [0.15, 0.2) is 0 Å². The zero-order valence-electron chi connectivity index (χ0n) is 8.57. The highest BCUT2D eigenvalue weighted by atomic mass is 16.4. The number of carboxylic acid groups (broad SMARTS) is 1. The van der Waals surface area contributed by atoms with Crippen molar-refractivity contribution in [3.63, 3.8) is 0 Å². The fourth-order valence-corrected chi connectivity index (χ4v) is 1.96. The Balaban J connectivity index is 1.83. The second kappa shape index (κ2) is 4.30. The van der Waals surface area contributed by atoms with Gasteiger partial charge in [0.2, 0.25) is 0 Å². The summed E-state index contributed by atoms with van der Waals surface area (Å²) in [6.07, 6.45) is 13.6. The summed E-state index contributed by atoms with van der Waals surface area (Å²) in [4.78, 5) is 10.3. The smallest absolute Gasteiger partial charge is 0.303 e. The van der Waals surface area contributed by atoms with E-state index in [0.717, 1.165) is 19.3 Å². The summed E-state index contributed by atoms with van der Waals surface area (Å²) in [6, 6.07) is 0. The van der Waals surface area contributed by atoms with Crippen LogP contribution in [0.1, 0.15) is 25.7 Å². The Labute approximate surface area is 89.3 Å². The Hall–Kier alpha value is -1.57. The minimum Gasteiger partial charge on any atom is -0.481 e. The first-order chi connectivity index (χ1) is 7.27. The van der Waals surface area contributed by atoms with Gasteiger partial charge in [0.05, 0.1) is 0 Å². The maximum absolute atomic E-state index is 10.3. The molecule has 1 N–H and O–H groups in total. The lowest BCUT2D eigenvalue weighted by molar-refractivity contribution is -0.137. The lowest BCUT2D eigenvalue weighted by Gasteiger charge is -2.01. The number of carboxylic acids is 1. The van der Waals surface area contributed by atoms with Gasteiger partial charge in [0.25, 0.3) is 0 Å².